The molecule has 1 aliphatic rings. The molecule has 0 saturated carbocycles. The van der Waals surface area contributed by atoms with Gasteiger partial charge in [-0.2, -0.15) is 0 Å². The molecule has 0 radical (unpaired) electrons. The van der Waals surface area contributed by atoms with Crippen molar-refractivity contribution < 1.29 is 14.6 Å². The van der Waals surface area contributed by atoms with Gasteiger partial charge in [0, 0.05) is 0 Å². The lowest BCUT2D eigenvalue weighted by atomic mass is 10.0. The van der Waals surface area contributed by atoms with Gasteiger partial charge in [0.15, 0.2) is 0 Å². The molecule has 20 heavy (non-hydrogen) atoms. The number of carbonyl (C=O) groups excluding carboxylic acids is 1. The molecule has 0 aromatic carbocycles. The number of hydrogen-bond donors (Lipinski definition) is 1. The zero-order valence-electron chi connectivity index (χ0n) is 12.2. The number of hydrogen-bond acceptors (Lipinski definition) is 3. The van der Waals surface area contributed by atoms with Crippen LogP contribution in [-0.4, -0.2) is 23.3 Å². The molecular weight excluding hydrogens is 252 g/mol. The minimum Gasteiger partial charge on any atom is -0.456 e. The van der Waals surface area contributed by atoms with Gasteiger partial charge in [-0.1, -0.05) is 37.3 Å². The molecule has 0 amide bonds. The van der Waals surface area contributed by atoms with Crippen molar-refractivity contribution >= 4 is 5.97 Å². The summed E-state index contributed by atoms with van der Waals surface area (Å²) in [7, 11) is 0. The molecule has 2 atom stereocenters. The van der Waals surface area contributed by atoms with Crippen LogP contribution < -0.4 is 0 Å². The molecular formula is C17H24O3. The summed E-state index contributed by atoms with van der Waals surface area (Å²) in [5, 5.41) is 9.74. The standard InChI is InChI=1S/C17H24O3/c1-3-4-5-6-7-8-9-10-11-12-13-15-16(18)14(2)20-17(15)19/h1,4-5,13-14,16,18H,6-12H2,2H3/b5-4-,15-13+/t14-,16+/m1/s1. The van der Waals surface area contributed by atoms with E-state index in [4.69, 9.17) is 11.2 Å². The molecule has 0 aromatic heterocycles. The fraction of sp³-hybridized carbons (Fsp3) is 0.588. The van der Waals surface area contributed by atoms with E-state index < -0.39 is 12.2 Å². The van der Waals surface area contributed by atoms with Crippen molar-refractivity contribution in [3.63, 3.8) is 0 Å². The summed E-state index contributed by atoms with van der Waals surface area (Å²) in [5.41, 5.74) is 0.428. The fourth-order valence-corrected chi connectivity index (χ4v) is 2.22. The fourth-order valence-electron chi connectivity index (χ4n) is 2.22. The lowest BCUT2D eigenvalue weighted by molar-refractivity contribution is -0.138. The van der Waals surface area contributed by atoms with Gasteiger partial charge in [-0.3, -0.25) is 0 Å². The number of unbranched alkanes of at least 4 members (excludes halogenated alkanes) is 6. The van der Waals surface area contributed by atoms with Crippen molar-refractivity contribution in [3.8, 4) is 12.3 Å². The average molecular weight is 276 g/mol. The minimum absolute atomic E-state index is 0.370. The van der Waals surface area contributed by atoms with E-state index in [1.54, 1.807) is 13.0 Å². The first-order chi connectivity index (χ1) is 9.66. The zero-order chi connectivity index (χ0) is 14.8. The highest BCUT2D eigenvalue weighted by Crippen LogP contribution is 2.21. The van der Waals surface area contributed by atoms with Crippen molar-refractivity contribution in [3.05, 3.63) is 23.8 Å². The Morgan fingerprint density at radius 1 is 1.25 bits per heavy atom. The topological polar surface area (TPSA) is 46.5 Å². The number of rotatable bonds is 8. The second-order valence-corrected chi connectivity index (χ2v) is 5.13. The predicted octanol–water partition coefficient (Wildman–Crippen LogP) is 3.14. The number of ether oxygens (including phenoxy) is 1. The smallest absolute Gasteiger partial charge is 0.336 e. The first-order valence-corrected chi connectivity index (χ1v) is 7.37. The third-order valence-corrected chi connectivity index (χ3v) is 3.45. The summed E-state index contributed by atoms with van der Waals surface area (Å²) >= 11 is 0. The molecule has 0 aliphatic carbocycles. The normalized spacial score (nSPS) is 24.2. The molecule has 0 spiro atoms. The Balaban J connectivity index is 2.06. The predicted molar refractivity (Wildman–Crippen MR) is 79.9 cm³/mol. The van der Waals surface area contributed by atoms with Gasteiger partial charge in [0.25, 0.3) is 0 Å². The molecule has 1 N–H and O–H groups in total. The molecule has 1 saturated heterocycles. The number of carbonyl (C=O) groups is 1. The van der Waals surface area contributed by atoms with Gasteiger partial charge in [-0.25, -0.2) is 4.79 Å². The highest BCUT2D eigenvalue weighted by Gasteiger charge is 2.34. The molecule has 1 aliphatic heterocycles. The van der Waals surface area contributed by atoms with E-state index in [9.17, 15) is 9.90 Å². The maximum absolute atomic E-state index is 11.4. The molecule has 3 heteroatoms. The van der Waals surface area contributed by atoms with Crippen molar-refractivity contribution in [2.45, 2.75) is 64.1 Å². The monoisotopic (exact) mass is 276 g/mol. The highest BCUT2D eigenvalue weighted by atomic mass is 16.6. The third kappa shape index (κ3) is 5.63. The maximum atomic E-state index is 11.4. The van der Waals surface area contributed by atoms with Gasteiger partial charge < -0.3 is 9.84 Å². The summed E-state index contributed by atoms with van der Waals surface area (Å²) in [6.45, 7) is 1.71. The SMILES string of the molecule is C#C/C=C\CCCCCCC/C=C1/C(=O)O[C@H](C)[C@@H]1O. The van der Waals surface area contributed by atoms with E-state index in [1.165, 1.54) is 19.3 Å². The molecule has 3 nitrogen and oxygen atoms in total. The van der Waals surface area contributed by atoms with Gasteiger partial charge in [0.2, 0.25) is 0 Å². The average Bonchev–Trinajstić information content (AvgIpc) is 2.67. The van der Waals surface area contributed by atoms with Crippen molar-refractivity contribution in [1.29, 1.82) is 0 Å². The maximum Gasteiger partial charge on any atom is 0.336 e. The lowest BCUT2D eigenvalue weighted by Crippen LogP contribution is -2.17. The van der Waals surface area contributed by atoms with E-state index >= 15 is 0 Å². The van der Waals surface area contributed by atoms with Crippen LogP contribution in [0.1, 0.15) is 51.9 Å². The Hall–Kier alpha value is -1.53. The first-order valence-electron chi connectivity index (χ1n) is 7.37. The van der Waals surface area contributed by atoms with Crippen LogP contribution in [0, 0.1) is 12.3 Å². The van der Waals surface area contributed by atoms with Gasteiger partial charge in [-0.15, -0.1) is 6.42 Å². The summed E-state index contributed by atoms with van der Waals surface area (Å²) in [6.07, 6.45) is 17.2. The number of esters is 1. The van der Waals surface area contributed by atoms with Crippen LogP contribution in [0.3, 0.4) is 0 Å². The largest absolute Gasteiger partial charge is 0.456 e. The Morgan fingerprint density at radius 3 is 2.50 bits per heavy atom. The van der Waals surface area contributed by atoms with Crippen LogP contribution in [0.2, 0.25) is 0 Å². The van der Waals surface area contributed by atoms with E-state index in [2.05, 4.69) is 5.92 Å². The Bertz CT molecular complexity index is 401. The van der Waals surface area contributed by atoms with Crippen molar-refractivity contribution in [1.82, 2.24) is 0 Å². The Labute approximate surface area is 121 Å². The summed E-state index contributed by atoms with van der Waals surface area (Å²) in [5.74, 6) is 2.11. The number of aliphatic hydroxyl groups excluding tert-OH is 1. The number of aliphatic hydroxyl groups is 1. The van der Waals surface area contributed by atoms with Crippen LogP contribution in [0.4, 0.5) is 0 Å². The van der Waals surface area contributed by atoms with Crippen molar-refractivity contribution in [2.24, 2.45) is 0 Å². The second kappa shape index (κ2) is 9.39. The van der Waals surface area contributed by atoms with Crippen LogP contribution in [0.5, 0.6) is 0 Å². The second-order valence-electron chi connectivity index (χ2n) is 5.13. The number of allylic oxidation sites excluding steroid dienone is 3. The zero-order valence-corrected chi connectivity index (χ0v) is 12.2. The quantitative estimate of drug-likeness (QED) is 0.321. The number of terminal acetylenes is 1. The van der Waals surface area contributed by atoms with Gasteiger partial charge in [0.1, 0.15) is 12.2 Å². The Kier molecular flexibility index (Phi) is 7.75. The van der Waals surface area contributed by atoms with Crippen LogP contribution in [0.25, 0.3) is 0 Å². The number of cyclic esters (lactones) is 1. The van der Waals surface area contributed by atoms with E-state index in [0.29, 0.717) is 5.57 Å². The summed E-state index contributed by atoms with van der Waals surface area (Å²) in [6, 6.07) is 0. The minimum atomic E-state index is -0.759. The van der Waals surface area contributed by atoms with E-state index in [0.717, 1.165) is 25.7 Å². The molecule has 110 valence electrons. The van der Waals surface area contributed by atoms with Gasteiger partial charge in [-0.05, 0) is 38.7 Å². The summed E-state index contributed by atoms with van der Waals surface area (Å²) in [4.78, 5) is 11.4. The molecule has 0 unspecified atom stereocenters. The van der Waals surface area contributed by atoms with Gasteiger partial charge >= 0.3 is 5.97 Å². The van der Waals surface area contributed by atoms with E-state index in [1.807, 2.05) is 12.2 Å². The summed E-state index contributed by atoms with van der Waals surface area (Å²) < 4.78 is 4.95. The molecule has 1 rings (SSSR count). The Morgan fingerprint density at radius 2 is 1.90 bits per heavy atom. The van der Waals surface area contributed by atoms with Crippen LogP contribution in [-0.2, 0) is 9.53 Å². The molecule has 0 bridgehead atoms. The molecule has 0 aromatic rings. The highest BCUT2D eigenvalue weighted by molar-refractivity contribution is 5.92. The molecule has 1 fully saturated rings. The first kappa shape index (κ1) is 16.5. The third-order valence-electron chi connectivity index (χ3n) is 3.45. The van der Waals surface area contributed by atoms with Crippen LogP contribution >= 0.6 is 0 Å². The van der Waals surface area contributed by atoms with Crippen LogP contribution in [0.15, 0.2) is 23.8 Å². The van der Waals surface area contributed by atoms with Gasteiger partial charge in [0.05, 0.1) is 5.57 Å². The molecule has 1 heterocycles. The van der Waals surface area contributed by atoms with E-state index in [-0.39, 0.29) is 5.97 Å². The van der Waals surface area contributed by atoms with Crippen molar-refractivity contribution in [2.75, 3.05) is 0 Å². The lowest BCUT2D eigenvalue weighted by Gasteiger charge is -2.04.